The Morgan fingerprint density at radius 2 is 1.95 bits per heavy atom. The molecule has 0 saturated heterocycles. The molecular weight excluding hydrogens is 350 g/mol. The van der Waals surface area contributed by atoms with Crippen molar-refractivity contribution in [1.82, 2.24) is 4.98 Å². The average Bonchev–Trinajstić information content (AvgIpc) is 2.50. The monoisotopic (exact) mass is 361 g/mol. The van der Waals surface area contributed by atoms with E-state index in [1.165, 1.54) is 0 Å². The number of para-hydroxylation sites is 1. The summed E-state index contributed by atoms with van der Waals surface area (Å²) in [6.07, 6.45) is 1.71. The van der Waals surface area contributed by atoms with Crippen molar-refractivity contribution in [1.29, 1.82) is 0 Å². The first-order chi connectivity index (χ1) is 10.1. The molecule has 0 aliphatic rings. The molecule has 106 valence electrons. The molecule has 2 nitrogen and oxygen atoms in total. The third-order valence-electron chi connectivity index (χ3n) is 3.48. The smallest absolute Gasteiger partial charge is 0.0831 e. The van der Waals surface area contributed by atoms with Gasteiger partial charge in [0.1, 0.15) is 0 Å². The van der Waals surface area contributed by atoms with E-state index in [0.717, 1.165) is 26.5 Å². The van der Waals surface area contributed by atoms with Crippen LogP contribution in [0, 0.1) is 0 Å². The van der Waals surface area contributed by atoms with E-state index in [1.807, 2.05) is 42.5 Å². The first kappa shape index (κ1) is 14.5. The summed E-state index contributed by atoms with van der Waals surface area (Å²) in [6, 6.07) is 15.4. The van der Waals surface area contributed by atoms with Crippen LogP contribution >= 0.6 is 27.5 Å². The van der Waals surface area contributed by atoms with Gasteiger partial charge in [-0.1, -0.05) is 35.9 Å². The number of halogens is 2. The summed E-state index contributed by atoms with van der Waals surface area (Å²) in [4.78, 5) is 4.34. The van der Waals surface area contributed by atoms with Gasteiger partial charge in [0.2, 0.25) is 0 Å². The van der Waals surface area contributed by atoms with E-state index in [9.17, 15) is 5.11 Å². The summed E-state index contributed by atoms with van der Waals surface area (Å²) in [6.45, 7) is 0. The van der Waals surface area contributed by atoms with Crippen LogP contribution in [0.15, 0.2) is 59.2 Å². The van der Waals surface area contributed by atoms with Crippen molar-refractivity contribution in [2.45, 2.75) is 12.5 Å². The largest absolute Gasteiger partial charge is 0.388 e. The van der Waals surface area contributed by atoms with Crippen LogP contribution in [0.4, 0.5) is 0 Å². The molecule has 0 amide bonds. The lowest BCUT2D eigenvalue weighted by Gasteiger charge is -2.13. The summed E-state index contributed by atoms with van der Waals surface area (Å²) in [7, 11) is 0. The van der Waals surface area contributed by atoms with Crippen LogP contribution < -0.4 is 0 Å². The minimum absolute atomic E-state index is 0.529. The molecule has 1 atom stereocenters. The van der Waals surface area contributed by atoms with Crippen molar-refractivity contribution < 1.29 is 5.11 Å². The number of hydrogen-bond acceptors (Lipinski definition) is 2. The molecule has 0 radical (unpaired) electrons. The highest BCUT2D eigenvalue weighted by molar-refractivity contribution is 9.10. The van der Waals surface area contributed by atoms with Gasteiger partial charge in [0, 0.05) is 22.5 Å². The van der Waals surface area contributed by atoms with E-state index < -0.39 is 6.10 Å². The number of rotatable bonds is 3. The Morgan fingerprint density at radius 3 is 2.76 bits per heavy atom. The van der Waals surface area contributed by atoms with Crippen molar-refractivity contribution in [3.8, 4) is 0 Å². The lowest BCUT2D eigenvalue weighted by molar-refractivity contribution is 0.179. The van der Waals surface area contributed by atoms with Crippen molar-refractivity contribution in [3.05, 3.63) is 75.4 Å². The van der Waals surface area contributed by atoms with E-state index in [-0.39, 0.29) is 0 Å². The molecule has 1 heterocycles. The van der Waals surface area contributed by atoms with Gasteiger partial charge in [0.15, 0.2) is 0 Å². The highest BCUT2D eigenvalue weighted by Crippen LogP contribution is 2.28. The van der Waals surface area contributed by atoms with Crippen LogP contribution in [0.2, 0.25) is 5.02 Å². The highest BCUT2D eigenvalue weighted by atomic mass is 79.9. The molecule has 21 heavy (non-hydrogen) atoms. The van der Waals surface area contributed by atoms with Gasteiger partial charge in [0.25, 0.3) is 0 Å². The Morgan fingerprint density at radius 1 is 1.14 bits per heavy atom. The number of aliphatic hydroxyl groups is 1. The lowest BCUT2D eigenvalue weighted by atomic mass is 9.99. The van der Waals surface area contributed by atoms with Gasteiger partial charge in [-0.25, -0.2) is 0 Å². The van der Waals surface area contributed by atoms with E-state index in [2.05, 4.69) is 20.9 Å². The van der Waals surface area contributed by atoms with E-state index in [0.29, 0.717) is 11.4 Å². The molecule has 0 saturated carbocycles. The fourth-order valence-corrected chi connectivity index (χ4v) is 2.81. The molecule has 0 bridgehead atoms. The summed E-state index contributed by atoms with van der Waals surface area (Å²) in [5, 5.41) is 12.1. The maximum atomic E-state index is 10.5. The zero-order valence-corrected chi connectivity index (χ0v) is 13.5. The number of benzene rings is 2. The number of pyridine rings is 1. The van der Waals surface area contributed by atoms with Gasteiger partial charge < -0.3 is 5.11 Å². The maximum absolute atomic E-state index is 10.5. The zero-order chi connectivity index (χ0) is 14.8. The first-order valence-corrected chi connectivity index (χ1v) is 7.78. The molecule has 0 fully saturated rings. The molecule has 1 aromatic heterocycles. The van der Waals surface area contributed by atoms with Gasteiger partial charge in [-0.05, 0) is 51.3 Å². The molecule has 3 aromatic rings. The van der Waals surface area contributed by atoms with Gasteiger partial charge >= 0.3 is 0 Å². The number of aliphatic hydroxyl groups excluding tert-OH is 1. The minimum Gasteiger partial charge on any atom is -0.388 e. The first-order valence-electron chi connectivity index (χ1n) is 6.61. The van der Waals surface area contributed by atoms with E-state index >= 15 is 0 Å². The molecule has 0 aliphatic heterocycles. The SMILES string of the molecule is OC(Cc1ccnc2ccccc12)c1ccc(Br)c(Cl)c1. The predicted octanol–water partition coefficient (Wildman–Crippen LogP) is 4.93. The second-order valence-electron chi connectivity index (χ2n) is 4.88. The van der Waals surface area contributed by atoms with Gasteiger partial charge in [-0.3, -0.25) is 4.98 Å². The molecule has 1 unspecified atom stereocenters. The molecule has 2 aromatic carbocycles. The number of nitrogens with zero attached hydrogens (tertiary/aromatic N) is 1. The molecule has 3 rings (SSSR count). The fraction of sp³-hybridized carbons (Fsp3) is 0.118. The topological polar surface area (TPSA) is 33.1 Å². The van der Waals surface area contributed by atoms with Crippen molar-refractivity contribution in [2.24, 2.45) is 0 Å². The third-order valence-corrected chi connectivity index (χ3v) is 4.71. The minimum atomic E-state index is -0.596. The Kier molecular flexibility index (Phi) is 4.24. The Bertz CT molecular complexity index is 785. The molecular formula is C17H13BrClNO. The summed E-state index contributed by atoms with van der Waals surface area (Å²) < 4.78 is 0.828. The summed E-state index contributed by atoms with van der Waals surface area (Å²) >= 11 is 9.44. The number of aromatic nitrogens is 1. The van der Waals surface area contributed by atoms with Crippen LogP contribution in [0.1, 0.15) is 17.2 Å². The summed E-state index contributed by atoms with van der Waals surface area (Å²) in [5.41, 5.74) is 2.83. The lowest BCUT2D eigenvalue weighted by Crippen LogP contribution is -2.02. The van der Waals surface area contributed by atoms with E-state index in [4.69, 9.17) is 11.6 Å². The van der Waals surface area contributed by atoms with Crippen molar-refractivity contribution in [3.63, 3.8) is 0 Å². The second kappa shape index (κ2) is 6.14. The van der Waals surface area contributed by atoms with Crippen LogP contribution in [0.3, 0.4) is 0 Å². The quantitative estimate of drug-likeness (QED) is 0.717. The standard InChI is InChI=1S/C17H13BrClNO/c18-14-6-5-12(9-15(14)19)17(21)10-11-7-8-20-16-4-2-1-3-13(11)16/h1-9,17,21H,10H2. The predicted molar refractivity (Wildman–Crippen MR) is 89.6 cm³/mol. The van der Waals surface area contributed by atoms with Crippen molar-refractivity contribution in [2.75, 3.05) is 0 Å². The molecule has 0 aliphatic carbocycles. The summed E-state index contributed by atoms with van der Waals surface area (Å²) in [5.74, 6) is 0. The number of hydrogen-bond donors (Lipinski definition) is 1. The highest BCUT2D eigenvalue weighted by Gasteiger charge is 2.12. The second-order valence-corrected chi connectivity index (χ2v) is 6.14. The zero-order valence-electron chi connectivity index (χ0n) is 11.1. The Hall–Kier alpha value is -1.42. The van der Waals surface area contributed by atoms with Gasteiger partial charge in [-0.2, -0.15) is 0 Å². The normalized spacial score (nSPS) is 12.5. The van der Waals surface area contributed by atoms with Gasteiger partial charge in [0.05, 0.1) is 16.6 Å². The molecule has 0 spiro atoms. The maximum Gasteiger partial charge on any atom is 0.0831 e. The Labute approximate surface area is 136 Å². The third kappa shape index (κ3) is 3.10. The van der Waals surface area contributed by atoms with Crippen LogP contribution in [0.5, 0.6) is 0 Å². The average molecular weight is 363 g/mol. The Balaban J connectivity index is 1.92. The molecule has 4 heteroatoms. The van der Waals surface area contributed by atoms with E-state index in [1.54, 1.807) is 12.3 Å². The van der Waals surface area contributed by atoms with Crippen molar-refractivity contribution >= 4 is 38.4 Å². The number of fused-ring (bicyclic) bond motifs is 1. The fourth-order valence-electron chi connectivity index (χ4n) is 2.38. The van der Waals surface area contributed by atoms with Crippen LogP contribution in [0.25, 0.3) is 10.9 Å². The van der Waals surface area contributed by atoms with Crippen LogP contribution in [-0.2, 0) is 6.42 Å². The molecule has 1 N–H and O–H groups in total. The van der Waals surface area contributed by atoms with Crippen LogP contribution in [-0.4, -0.2) is 10.1 Å². The van der Waals surface area contributed by atoms with Gasteiger partial charge in [-0.15, -0.1) is 0 Å².